The van der Waals surface area contributed by atoms with Gasteiger partial charge in [-0.05, 0) is 48.9 Å². The minimum Gasteiger partial charge on any atom is -0.469 e. The molecule has 174 valence electrons. The molecule has 7 heteroatoms. The van der Waals surface area contributed by atoms with Gasteiger partial charge in [-0.2, -0.15) is 0 Å². The zero-order chi connectivity index (χ0) is 22.0. The molecule has 3 heterocycles. The number of aliphatic hydroxyl groups excluding tert-OH is 1. The van der Waals surface area contributed by atoms with Gasteiger partial charge in [-0.25, -0.2) is 4.99 Å². The number of β-amino-alcohol motifs (C(OH)–C–C–N with tert-alkyl or cyclic N) is 1. The summed E-state index contributed by atoms with van der Waals surface area (Å²) >= 11 is 0. The summed E-state index contributed by atoms with van der Waals surface area (Å²) < 4.78 is 11.3. The lowest BCUT2D eigenvalue weighted by Crippen LogP contribution is -2.43. The predicted octanol–water partition coefficient (Wildman–Crippen LogP) is 2.69. The van der Waals surface area contributed by atoms with Crippen LogP contribution in [0.25, 0.3) is 0 Å². The van der Waals surface area contributed by atoms with Crippen LogP contribution in [0.1, 0.15) is 42.6 Å². The Morgan fingerprint density at radius 3 is 2.75 bits per heavy atom. The molecule has 0 radical (unpaired) electrons. The molecule has 0 amide bonds. The molecule has 2 unspecified atom stereocenters. The van der Waals surface area contributed by atoms with Gasteiger partial charge in [-0.1, -0.05) is 24.3 Å². The topological polar surface area (TPSA) is 82.3 Å². The lowest BCUT2D eigenvalue weighted by Gasteiger charge is -2.24. The third-order valence-corrected chi connectivity index (χ3v) is 6.18. The molecule has 2 fully saturated rings. The van der Waals surface area contributed by atoms with Crippen LogP contribution in [0.2, 0.25) is 0 Å². The van der Waals surface area contributed by atoms with E-state index in [4.69, 9.17) is 14.1 Å². The van der Waals surface area contributed by atoms with Gasteiger partial charge in [0.25, 0.3) is 0 Å². The minimum atomic E-state index is -0.198. The first kappa shape index (κ1) is 22.8. The Balaban J connectivity index is 1.37. The Kier molecular flexibility index (Phi) is 8.59. The molecule has 2 aliphatic heterocycles. The predicted molar refractivity (Wildman–Crippen MR) is 125 cm³/mol. The van der Waals surface area contributed by atoms with Crippen LogP contribution in [-0.4, -0.2) is 61.0 Å². The number of nitrogens with one attached hydrogen (secondary N) is 2. The van der Waals surface area contributed by atoms with Crippen molar-refractivity contribution in [2.75, 3.05) is 32.8 Å². The molecule has 3 N–H and O–H groups in total. The SMILES string of the molecule is OC1CCN(Cc2ccccc2CN=C(NCCc2ccco2)NCC2CCCCO2)C1. The number of rotatable bonds is 9. The van der Waals surface area contributed by atoms with Crippen LogP contribution in [0.5, 0.6) is 0 Å². The van der Waals surface area contributed by atoms with Crippen LogP contribution in [-0.2, 0) is 24.2 Å². The first-order chi connectivity index (χ1) is 15.8. The van der Waals surface area contributed by atoms with Gasteiger partial charge in [-0.3, -0.25) is 4.90 Å². The number of nitrogens with zero attached hydrogens (tertiary/aromatic N) is 2. The second-order valence-electron chi connectivity index (χ2n) is 8.74. The first-order valence-electron chi connectivity index (χ1n) is 11.9. The van der Waals surface area contributed by atoms with E-state index in [1.54, 1.807) is 6.26 Å². The Morgan fingerprint density at radius 1 is 1.09 bits per heavy atom. The van der Waals surface area contributed by atoms with Crippen LogP contribution < -0.4 is 10.6 Å². The number of guanidine groups is 1. The third kappa shape index (κ3) is 7.08. The Morgan fingerprint density at radius 2 is 2.00 bits per heavy atom. The maximum absolute atomic E-state index is 9.84. The normalized spacial score (nSPS) is 22.2. The van der Waals surface area contributed by atoms with Gasteiger partial charge in [0, 0.05) is 45.8 Å². The van der Waals surface area contributed by atoms with Gasteiger partial charge in [-0.15, -0.1) is 0 Å². The second kappa shape index (κ2) is 12.0. The van der Waals surface area contributed by atoms with Gasteiger partial charge in [0.15, 0.2) is 5.96 Å². The van der Waals surface area contributed by atoms with E-state index in [-0.39, 0.29) is 12.2 Å². The summed E-state index contributed by atoms with van der Waals surface area (Å²) in [5.74, 6) is 1.77. The average molecular weight is 441 g/mol. The average Bonchev–Trinajstić information content (AvgIpc) is 3.48. The Labute approximate surface area is 190 Å². The van der Waals surface area contributed by atoms with Crippen molar-refractivity contribution in [2.24, 2.45) is 4.99 Å². The van der Waals surface area contributed by atoms with Crippen molar-refractivity contribution in [1.29, 1.82) is 0 Å². The first-order valence-corrected chi connectivity index (χ1v) is 11.9. The fourth-order valence-electron chi connectivity index (χ4n) is 4.34. The lowest BCUT2D eigenvalue weighted by atomic mass is 10.1. The fourth-order valence-corrected chi connectivity index (χ4v) is 4.34. The van der Waals surface area contributed by atoms with Gasteiger partial charge >= 0.3 is 0 Å². The second-order valence-corrected chi connectivity index (χ2v) is 8.74. The summed E-state index contributed by atoms with van der Waals surface area (Å²) in [6.07, 6.45) is 6.90. The summed E-state index contributed by atoms with van der Waals surface area (Å²) in [7, 11) is 0. The third-order valence-electron chi connectivity index (χ3n) is 6.18. The van der Waals surface area contributed by atoms with E-state index in [9.17, 15) is 5.11 Å². The number of likely N-dealkylation sites (tertiary alicyclic amines) is 1. The van der Waals surface area contributed by atoms with E-state index in [1.165, 1.54) is 17.5 Å². The summed E-state index contributed by atoms with van der Waals surface area (Å²) in [6, 6.07) is 12.4. The Bertz CT molecular complexity index is 833. The molecule has 4 rings (SSSR count). The van der Waals surface area contributed by atoms with Crippen molar-refractivity contribution < 1.29 is 14.3 Å². The van der Waals surface area contributed by atoms with Gasteiger partial charge in [0.1, 0.15) is 5.76 Å². The monoisotopic (exact) mass is 440 g/mol. The highest BCUT2D eigenvalue weighted by atomic mass is 16.5. The highest BCUT2D eigenvalue weighted by Crippen LogP contribution is 2.17. The van der Waals surface area contributed by atoms with Crippen LogP contribution >= 0.6 is 0 Å². The highest BCUT2D eigenvalue weighted by molar-refractivity contribution is 5.79. The molecule has 0 saturated carbocycles. The standard InChI is InChI=1S/C25H36N4O3/c30-22-11-13-29(19-22)18-21-7-2-1-6-20(21)16-27-25(26-12-10-23-9-5-15-31-23)28-17-24-8-3-4-14-32-24/h1-2,5-7,9,15,22,24,30H,3-4,8,10-14,16-19H2,(H2,26,27,28). The molecule has 1 aromatic heterocycles. The molecule has 0 aliphatic carbocycles. The van der Waals surface area contributed by atoms with E-state index < -0.39 is 0 Å². The largest absolute Gasteiger partial charge is 0.469 e. The summed E-state index contributed by atoms with van der Waals surface area (Å²) in [5, 5.41) is 16.8. The van der Waals surface area contributed by atoms with Crippen molar-refractivity contribution in [3.05, 3.63) is 59.5 Å². The number of furan rings is 1. The quantitative estimate of drug-likeness (QED) is 0.411. The van der Waals surface area contributed by atoms with E-state index in [0.717, 1.165) is 76.7 Å². The van der Waals surface area contributed by atoms with Crippen LogP contribution in [0, 0.1) is 0 Å². The number of aliphatic hydroxyl groups is 1. The van der Waals surface area contributed by atoms with Crippen LogP contribution in [0.3, 0.4) is 0 Å². The highest BCUT2D eigenvalue weighted by Gasteiger charge is 2.20. The smallest absolute Gasteiger partial charge is 0.191 e. The van der Waals surface area contributed by atoms with Gasteiger partial charge < -0.3 is 24.9 Å². The molecular formula is C25H36N4O3. The molecule has 2 aromatic rings. The maximum atomic E-state index is 9.84. The number of hydrogen-bond donors (Lipinski definition) is 3. The Hall–Kier alpha value is -2.35. The molecular weight excluding hydrogens is 404 g/mol. The summed E-state index contributed by atoms with van der Waals surface area (Å²) in [4.78, 5) is 7.20. The van der Waals surface area contributed by atoms with E-state index in [2.05, 4.69) is 39.8 Å². The van der Waals surface area contributed by atoms with Gasteiger partial charge in [0.05, 0.1) is 25.0 Å². The molecule has 2 saturated heterocycles. The minimum absolute atomic E-state index is 0.198. The van der Waals surface area contributed by atoms with E-state index in [0.29, 0.717) is 6.54 Å². The van der Waals surface area contributed by atoms with Crippen LogP contribution in [0.15, 0.2) is 52.1 Å². The number of benzene rings is 1. The zero-order valence-corrected chi connectivity index (χ0v) is 18.8. The summed E-state index contributed by atoms with van der Waals surface area (Å²) in [6.45, 7) is 5.52. The zero-order valence-electron chi connectivity index (χ0n) is 18.8. The molecule has 1 aromatic carbocycles. The molecule has 7 nitrogen and oxygen atoms in total. The maximum Gasteiger partial charge on any atom is 0.191 e. The summed E-state index contributed by atoms with van der Waals surface area (Å²) in [5.41, 5.74) is 2.49. The molecule has 32 heavy (non-hydrogen) atoms. The van der Waals surface area contributed by atoms with Crippen molar-refractivity contribution in [3.8, 4) is 0 Å². The number of hydrogen-bond acceptors (Lipinski definition) is 5. The lowest BCUT2D eigenvalue weighted by molar-refractivity contribution is 0.0194. The molecule has 0 bridgehead atoms. The van der Waals surface area contributed by atoms with Crippen molar-refractivity contribution >= 4 is 5.96 Å². The van der Waals surface area contributed by atoms with Crippen LogP contribution in [0.4, 0.5) is 0 Å². The van der Waals surface area contributed by atoms with E-state index in [1.807, 2.05) is 12.1 Å². The van der Waals surface area contributed by atoms with E-state index >= 15 is 0 Å². The fraction of sp³-hybridized carbons (Fsp3) is 0.560. The molecule has 0 spiro atoms. The van der Waals surface area contributed by atoms with Crippen molar-refractivity contribution in [2.45, 2.75) is 57.4 Å². The number of ether oxygens (including phenoxy) is 1. The van der Waals surface area contributed by atoms with Gasteiger partial charge in [0.2, 0.25) is 0 Å². The molecule has 2 aliphatic rings. The van der Waals surface area contributed by atoms with Crippen molar-refractivity contribution in [1.82, 2.24) is 15.5 Å². The number of aliphatic imine (C=N–C) groups is 1. The molecule has 2 atom stereocenters. The van der Waals surface area contributed by atoms with Crippen molar-refractivity contribution in [3.63, 3.8) is 0 Å².